The molecular weight excluding hydrogens is 358 g/mol. The number of likely N-dealkylation sites (tertiary alicyclic amines) is 1. The van der Waals surface area contributed by atoms with Crippen molar-refractivity contribution in [1.29, 1.82) is 0 Å². The van der Waals surface area contributed by atoms with Crippen molar-refractivity contribution in [1.82, 2.24) is 14.9 Å². The molecule has 0 bridgehead atoms. The maximum atomic E-state index is 12.5. The number of urea groups is 1. The Balaban J connectivity index is 1.87. The maximum absolute atomic E-state index is 12.5. The van der Waals surface area contributed by atoms with Crippen LogP contribution in [0.2, 0.25) is 0 Å². The lowest BCUT2D eigenvalue weighted by molar-refractivity contribution is 0.0696. The van der Waals surface area contributed by atoms with E-state index in [1.807, 2.05) is 0 Å². The van der Waals surface area contributed by atoms with Gasteiger partial charge >= 0.3 is 12.0 Å². The standard InChI is InChI=1S/C17H25N3O5S/c1-26(24,25)19-10-9-15-4-2-3-11-20(15)17(23)18-12-13-5-7-14(8-6-13)16(21)22/h5-8,15,19H,2-4,9-12H2,1H3,(H,18,23)(H,21,22). The second-order valence-electron chi connectivity index (χ2n) is 6.46. The van der Waals surface area contributed by atoms with Crippen molar-refractivity contribution in [3.05, 3.63) is 35.4 Å². The van der Waals surface area contributed by atoms with Gasteiger partial charge in [0.05, 0.1) is 11.8 Å². The van der Waals surface area contributed by atoms with Crippen molar-refractivity contribution in [3.63, 3.8) is 0 Å². The minimum Gasteiger partial charge on any atom is -0.478 e. The molecule has 26 heavy (non-hydrogen) atoms. The fraction of sp³-hybridized carbons (Fsp3) is 0.529. The molecule has 9 heteroatoms. The molecule has 1 saturated heterocycles. The number of nitrogens with one attached hydrogen (secondary N) is 2. The van der Waals surface area contributed by atoms with E-state index in [0.717, 1.165) is 31.1 Å². The molecule has 2 rings (SSSR count). The van der Waals surface area contributed by atoms with E-state index in [1.54, 1.807) is 17.0 Å². The number of carbonyl (C=O) groups excluding carboxylic acids is 1. The summed E-state index contributed by atoms with van der Waals surface area (Å²) >= 11 is 0. The van der Waals surface area contributed by atoms with Gasteiger partial charge in [-0.1, -0.05) is 12.1 Å². The van der Waals surface area contributed by atoms with E-state index in [-0.39, 0.29) is 17.6 Å². The Kier molecular flexibility index (Phi) is 6.98. The van der Waals surface area contributed by atoms with Gasteiger partial charge in [-0.2, -0.15) is 0 Å². The molecule has 1 unspecified atom stereocenters. The van der Waals surface area contributed by atoms with Gasteiger partial charge in [0.25, 0.3) is 0 Å². The number of rotatable bonds is 7. The minimum atomic E-state index is -3.23. The summed E-state index contributed by atoms with van der Waals surface area (Å²) in [6, 6.07) is 6.18. The summed E-state index contributed by atoms with van der Waals surface area (Å²) in [6.45, 7) is 1.26. The van der Waals surface area contributed by atoms with Gasteiger partial charge in [-0.25, -0.2) is 22.7 Å². The number of piperidine rings is 1. The van der Waals surface area contributed by atoms with Crippen LogP contribution < -0.4 is 10.0 Å². The largest absolute Gasteiger partial charge is 0.478 e. The summed E-state index contributed by atoms with van der Waals surface area (Å²) in [5.41, 5.74) is 1.02. The molecule has 144 valence electrons. The first-order valence-corrected chi connectivity index (χ1v) is 10.5. The molecule has 3 N–H and O–H groups in total. The lowest BCUT2D eigenvalue weighted by atomic mass is 10.00. The Morgan fingerprint density at radius 2 is 1.92 bits per heavy atom. The Labute approximate surface area is 153 Å². The first kappa shape index (κ1) is 20.2. The Bertz CT molecular complexity index is 733. The van der Waals surface area contributed by atoms with Crippen LogP contribution >= 0.6 is 0 Å². The monoisotopic (exact) mass is 383 g/mol. The van der Waals surface area contributed by atoms with Gasteiger partial charge in [0.2, 0.25) is 10.0 Å². The minimum absolute atomic E-state index is 0.00684. The van der Waals surface area contributed by atoms with Crippen molar-refractivity contribution in [2.75, 3.05) is 19.3 Å². The second-order valence-corrected chi connectivity index (χ2v) is 8.29. The molecule has 0 spiro atoms. The molecular formula is C17H25N3O5S. The Hall–Kier alpha value is -2.13. The molecule has 0 aliphatic carbocycles. The number of sulfonamides is 1. The molecule has 0 aromatic heterocycles. The number of amides is 2. The van der Waals surface area contributed by atoms with E-state index in [2.05, 4.69) is 10.0 Å². The van der Waals surface area contributed by atoms with Crippen LogP contribution in [0.1, 0.15) is 41.6 Å². The zero-order valence-corrected chi connectivity index (χ0v) is 15.6. The summed E-state index contributed by atoms with van der Waals surface area (Å²) in [6.07, 6.45) is 4.49. The van der Waals surface area contributed by atoms with Crippen LogP contribution in [-0.2, 0) is 16.6 Å². The van der Waals surface area contributed by atoms with Crippen molar-refractivity contribution in [2.45, 2.75) is 38.3 Å². The van der Waals surface area contributed by atoms with E-state index in [1.165, 1.54) is 12.1 Å². The quantitative estimate of drug-likeness (QED) is 0.658. The van der Waals surface area contributed by atoms with Crippen LogP contribution in [-0.4, -0.2) is 55.8 Å². The zero-order chi connectivity index (χ0) is 19.2. The first-order valence-electron chi connectivity index (χ1n) is 8.57. The highest BCUT2D eigenvalue weighted by atomic mass is 32.2. The topological polar surface area (TPSA) is 116 Å². The van der Waals surface area contributed by atoms with E-state index >= 15 is 0 Å². The lowest BCUT2D eigenvalue weighted by Gasteiger charge is -2.35. The number of carboxylic acids is 1. The Morgan fingerprint density at radius 3 is 2.54 bits per heavy atom. The first-order chi connectivity index (χ1) is 12.3. The molecule has 1 aliphatic rings. The van der Waals surface area contributed by atoms with Gasteiger partial charge in [-0.15, -0.1) is 0 Å². The predicted molar refractivity (Wildman–Crippen MR) is 97.4 cm³/mol. The van der Waals surface area contributed by atoms with Crippen LogP contribution in [0.25, 0.3) is 0 Å². The highest BCUT2D eigenvalue weighted by Gasteiger charge is 2.26. The van der Waals surface area contributed by atoms with E-state index in [4.69, 9.17) is 5.11 Å². The molecule has 0 radical (unpaired) electrons. The summed E-state index contributed by atoms with van der Waals surface area (Å²) in [4.78, 5) is 25.1. The van der Waals surface area contributed by atoms with Crippen molar-refractivity contribution >= 4 is 22.0 Å². The SMILES string of the molecule is CS(=O)(=O)NCCC1CCCCN1C(=O)NCc1ccc(C(=O)O)cc1. The molecule has 1 atom stereocenters. The van der Waals surface area contributed by atoms with Gasteiger partial charge in [-0.3, -0.25) is 0 Å². The van der Waals surface area contributed by atoms with E-state index in [9.17, 15) is 18.0 Å². The maximum Gasteiger partial charge on any atom is 0.335 e. The number of aromatic carboxylic acids is 1. The molecule has 1 aromatic rings. The lowest BCUT2D eigenvalue weighted by Crippen LogP contribution is -2.49. The highest BCUT2D eigenvalue weighted by molar-refractivity contribution is 7.88. The van der Waals surface area contributed by atoms with Gasteiger partial charge in [0.15, 0.2) is 0 Å². The van der Waals surface area contributed by atoms with Crippen LogP contribution in [0.3, 0.4) is 0 Å². The van der Waals surface area contributed by atoms with Crippen LogP contribution in [0.5, 0.6) is 0 Å². The van der Waals surface area contributed by atoms with Crippen LogP contribution in [0.15, 0.2) is 24.3 Å². The molecule has 2 amide bonds. The van der Waals surface area contributed by atoms with Gasteiger partial charge < -0.3 is 15.3 Å². The smallest absolute Gasteiger partial charge is 0.335 e. The van der Waals surface area contributed by atoms with Crippen molar-refractivity contribution in [2.24, 2.45) is 0 Å². The average molecular weight is 383 g/mol. The summed E-state index contributed by atoms with van der Waals surface area (Å²) in [5, 5.41) is 11.8. The van der Waals surface area contributed by atoms with Crippen molar-refractivity contribution in [3.8, 4) is 0 Å². The number of hydrogen-bond donors (Lipinski definition) is 3. The fourth-order valence-corrected chi connectivity index (χ4v) is 3.51. The van der Waals surface area contributed by atoms with Gasteiger partial charge in [0, 0.05) is 25.7 Å². The molecule has 8 nitrogen and oxygen atoms in total. The zero-order valence-electron chi connectivity index (χ0n) is 14.8. The summed E-state index contributed by atoms with van der Waals surface area (Å²) in [7, 11) is -3.23. The number of carboxylic acid groups (broad SMARTS) is 1. The predicted octanol–water partition coefficient (Wildman–Crippen LogP) is 1.39. The highest BCUT2D eigenvalue weighted by Crippen LogP contribution is 2.19. The third-order valence-corrected chi connectivity index (χ3v) is 5.10. The summed E-state index contributed by atoms with van der Waals surface area (Å²) < 4.78 is 24.8. The van der Waals surface area contributed by atoms with Crippen LogP contribution in [0, 0.1) is 0 Å². The average Bonchev–Trinajstić information content (AvgIpc) is 2.59. The molecule has 1 heterocycles. The van der Waals surface area contributed by atoms with E-state index < -0.39 is 16.0 Å². The normalized spacial score (nSPS) is 17.7. The third kappa shape index (κ3) is 6.30. The number of hydrogen-bond acceptors (Lipinski definition) is 4. The number of nitrogens with zero attached hydrogens (tertiary/aromatic N) is 1. The summed E-state index contributed by atoms with van der Waals surface area (Å²) in [5.74, 6) is -0.987. The third-order valence-electron chi connectivity index (χ3n) is 4.37. The van der Waals surface area contributed by atoms with Gasteiger partial charge in [0.1, 0.15) is 0 Å². The Morgan fingerprint density at radius 1 is 1.23 bits per heavy atom. The van der Waals surface area contributed by atoms with E-state index in [0.29, 0.717) is 26.1 Å². The fourth-order valence-electron chi connectivity index (χ4n) is 3.02. The van der Waals surface area contributed by atoms with Crippen molar-refractivity contribution < 1.29 is 23.1 Å². The molecule has 1 fully saturated rings. The second kappa shape index (κ2) is 9.00. The van der Waals surface area contributed by atoms with Crippen LogP contribution in [0.4, 0.5) is 4.79 Å². The molecule has 0 saturated carbocycles. The van der Waals surface area contributed by atoms with Gasteiger partial charge in [-0.05, 0) is 43.4 Å². The number of benzene rings is 1. The number of carbonyl (C=O) groups is 2. The molecule has 1 aliphatic heterocycles. The molecule has 1 aromatic carbocycles.